The minimum absolute atomic E-state index is 0.140. The van der Waals surface area contributed by atoms with E-state index in [1.54, 1.807) is 31.3 Å². The van der Waals surface area contributed by atoms with Gasteiger partial charge in [0.2, 0.25) is 5.91 Å². The van der Waals surface area contributed by atoms with Gasteiger partial charge in [0.15, 0.2) is 0 Å². The van der Waals surface area contributed by atoms with Gasteiger partial charge < -0.3 is 14.5 Å². The number of hydrogen-bond donors (Lipinski definition) is 0. The average molecular weight is 453 g/mol. The Labute approximate surface area is 191 Å². The Bertz CT molecular complexity index is 994. The van der Waals surface area contributed by atoms with Gasteiger partial charge in [0.05, 0.1) is 12.9 Å². The maximum atomic E-state index is 12.8. The summed E-state index contributed by atoms with van der Waals surface area (Å²) in [5, 5.41) is 1.62. The standard InChI is InChI=1S/C23H24N4O2S2/c1-29-19-9-7-18(8-10-19)26-13-15-27(16-14-26)21(28)17-30-22-23(25-12-11-24-22)31-20-5-3-2-4-6-20/h2-12H,13-17H2,1H3. The quantitative estimate of drug-likeness (QED) is 0.501. The van der Waals surface area contributed by atoms with E-state index in [9.17, 15) is 4.79 Å². The first-order chi connectivity index (χ1) is 15.2. The second kappa shape index (κ2) is 10.5. The fraction of sp³-hybridized carbons (Fsp3) is 0.261. The molecule has 0 radical (unpaired) electrons. The summed E-state index contributed by atoms with van der Waals surface area (Å²) in [6, 6.07) is 18.1. The first kappa shape index (κ1) is 21.5. The minimum atomic E-state index is 0.140. The van der Waals surface area contributed by atoms with Crippen LogP contribution in [0.1, 0.15) is 0 Å². The molecule has 0 unspecified atom stereocenters. The van der Waals surface area contributed by atoms with Crippen molar-refractivity contribution in [3.63, 3.8) is 0 Å². The van der Waals surface area contributed by atoms with Crippen LogP contribution in [-0.2, 0) is 4.79 Å². The molecule has 1 saturated heterocycles. The molecule has 8 heteroatoms. The van der Waals surface area contributed by atoms with Gasteiger partial charge in [0.25, 0.3) is 0 Å². The summed E-state index contributed by atoms with van der Waals surface area (Å²) in [6.07, 6.45) is 3.37. The highest BCUT2D eigenvalue weighted by molar-refractivity contribution is 8.02. The first-order valence-electron chi connectivity index (χ1n) is 10.1. The van der Waals surface area contributed by atoms with Crippen LogP contribution in [0.3, 0.4) is 0 Å². The summed E-state index contributed by atoms with van der Waals surface area (Å²) in [5.74, 6) is 1.35. The Hall–Kier alpha value is -2.71. The fourth-order valence-electron chi connectivity index (χ4n) is 3.31. The van der Waals surface area contributed by atoms with Gasteiger partial charge in [-0.15, -0.1) is 0 Å². The Morgan fingerprint density at radius 3 is 2.29 bits per heavy atom. The van der Waals surface area contributed by atoms with Crippen molar-refractivity contribution in [1.82, 2.24) is 14.9 Å². The van der Waals surface area contributed by atoms with Gasteiger partial charge in [0, 0.05) is 49.2 Å². The molecular formula is C23H24N4O2S2. The van der Waals surface area contributed by atoms with Crippen molar-refractivity contribution < 1.29 is 9.53 Å². The maximum Gasteiger partial charge on any atom is 0.233 e. The smallest absolute Gasteiger partial charge is 0.233 e. The average Bonchev–Trinajstić information content (AvgIpc) is 2.84. The molecule has 2 aromatic carbocycles. The number of carbonyl (C=O) groups is 1. The zero-order valence-electron chi connectivity index (χ0n) is 17.3. The van der Waals surface area contributed by atoms with E-state index in [-0.39, 0.29) is 5.91 Å². The summed E-state index contributed by atoms with van der Waals surface area (Å²) in [6.45, 7) is 3.08. The fourth-order valence-corrected chi connectivity index (χ4v) is 5.14. The molecule has 1 fully saturated rings. The SMILES string of the molecule is COc1ccc(N2CCN(C(=O)CSc3nccnc3Sc3ccccc3)CC2)cc1. The summed E-state index contributed by atoms with van der Waals surface area (Å²) in [5.41, 5.74) is 1.16. The normalized spacial score (nSPS) is 13.8. The molecule has 0 aliphatic carbocycles. The van der Waals surface area contributed by atoms with Crippen LogP contribution < -0.4 is 9.64 Å². The Morgan fingerprint density at radius 2 is 1.61 bits per heavy atom. The molecule has 1 aliphatic heterocycles. The third-order valence-corrected chi connectivity index (χ3v) is 7.09. The maximum absolute atomic E-state index is 12.8. The second-order valence-corrected chi connectivity index (χ2v) is 8.96. The molecule has 0 N–H and O–H groups in total. The van der Waals surface area contributed by atoms with Gasteiger partial charge in [-0.25, -0.2) is 9.97 Å². The van der Waals surface area contributed by atoms with Crippen LogP contribution in [0.15, 0.2) is 81.9 Å². The van der Waals surface area contributed by atoms with Gasteiger partial charge in [-0.1, -0.05) is 41.7 Å². The number of thioether (sulfide) groups is 1. The van der Waals surface area contributed by atoms with Crippen LogP contribution in [0, 0.1) is 0 Å². The van der Waals surface area contributed by atoms with Gasteiger partial charge in [-0.2, -0.15) is 0 Å². The number of ether oxygens (including phenoxy) is 1. The number of rotatable bonds is 7. The molecule has 6 nitrogen and oxygen atoms in total. The lowest BCUT2D eigenvalue weighted by molar-refractivity contribution is -0.128. The number of aromatic nitrogens is 2. The molecule has 1 amide bonds. The van der Waals surface area contributed by atoms with Crippen LogP contribution in [-0.4, -0.2) is 59.8 Å². The van der Waals surface area contributed by atoms with Crippen LogP contribution >= 0.6 is 23.5 Å². The van der Waals surface area contributed by atoms with E-state index in [0.717, 1.165) is 52.6 Å². The van der Waals surface area contributed by atoms with Crippen LogP contribution in [0.25, 0.3) is 0 Å². The van der Waals surface area contributed by atoms with E-state index in [1.807, 2.05) is 47.4 Å². The lowest BCUT2D eigenvalue weighted by Gasteiger charge is -2.36. The van der Waals surface area contributed by atoms with E-state index < -0.39 is 0 Å². The van der Waals surface area contributed by atoms with Gasteiger partial charge in [-0.3, -0.25) is 4.79 Å². The van der Waals surface area contributed by atoms with E-state index in [4.69, 9.17) is 4.74 Å². The number of methoxy groups -OCH3 is 1. The predicted octanol–water partition coefficient (Wildman–Crippen LogP) is 4.08. The Morgan fingerprint density at radius 1 is 0.935 bits per heavy atom. The molecule has 4 rings (SSSR count). The van der Waals surface area contributed by atoms with E-state index in [0.29, 0.717) is 5.75 Å². The van der Waals surface area contributed by atoms with Crippen LogP contribution in [0.2, 0.25) is 0 Å². The molecule has 3 aromatic rings. The number of amides is 1. The largest absolute Gasteiger partial charge is 0.497 e. The number of hydrogen-bond acceptors (Lipinski definition) is 7. The molecule has 160 valence electrons. The monoisotopic (exact) mass is 452 g/mol. The lowest BCUT2D eigenvalue weighted by atomic mass is 10.2. The molecule has 2 heterocycles. The van der Waals surface area contributed by atoms with Crippen molar-refractivity contribution in [1.29, 1.82) is 0 Å². The highest BCUT2D eigenvalue weighted by atomic mass is 32.2. The Kier molecular flexibility index (Phi) is 7.32. The zero-order chi connectivity index (χ0) is 21.5. The molecule has 1 aliphatic rings. The van der Waals surface area contributed by atoms with Crippen molar-refractivity contribution in [3.05, 3.63) is 67.0 Å². The van der Waals surface area contributed by atoms with E-state index in [2.05, 4.69) is 27.0 Å². The summed E-state index contributed by atoms with van der Waals surface area (Å²) >= 11 is 3.02. The molecule has 0 saturated carbocycles. The van der Waals surface area contributed by atoms with E-state index >= 15 is 0 Å². The third-order valence-electron chi connectivity index (χ3n) is 4.99. The van der Waals surface area contributed by atoms with Crippen LogP contribution in [0.4, 0.5) is 5.69 Å². The zero-order valence-corrected chi connectivity index (χ0v) is 18.9. The van der Waals surface area contributed by atoms with Crippen molar-refractivity contribution in [2.24, 2.45) is 0 Å². The molecular weight excluding hydrogens is 428 g/mol. The van der Waals surface area contributed by atoms with Crippen molar-refractivity contribution >= 4 is 35.1 Å². The topological polar surface area (TPSA) is 58.6 Å². The number of carbonyl (C=O) groups excluding carboxylic acids is 1. The Balaban J connectivity index is 1.30. The van der Waals surface area contributed by atoms with Crippen molar-refractivity contribution in [2.75, 3.05) is 43.9 Å². The summed E-state index contributed by atoms with van der Waals surface area (Å²) in [4.78, 5) is 27.0. The molecule has 0 atom stereocenters. The molecule has 0 spiro atoms. The summed E-state index contributed by atoms with van der Waals surface area (Å²) < 4.78 is 5.23. The van der Waals surface area contributed by atoms with Gasteiger partial charge in [-0.05, 0) is 36.4 Å². The van der Waals surface area contributed by atoms with E-state index in [1.165, 1.54) is 11.8 Å². The first-order valence-corrected chi connectivity index (χ1v) is 11.9. The molecule has 1 aromatic heterocycles. The highest BCUT2D eigenvalue weighted by Crippen LogP contribution is 2.32. The van der Waals surface area contributed by atoms with Gasteiger partial charge in [0.1, 0.15) is 15.8 Å². The van der Waals surface area contributed by atoms with Crippen molar-refractivity contribution in [3.8, 4) is 5.75 Å². The van der Waals surface area contributed by atoms with Crippen LogP contribution in [0.5, 0.6) is 5.75 Å². The van der Waals surface area contributed by atoms with Crippen molar-refractivity contribution in [2.45, 2.75) is 14.9 Å². The minimum Gasteiger partial charge on any atom is -0.497 e. The number of nitrogens with zero attached hydrogens (tertiary/aromatic N) is 4. The third kappa shape index (κ3) is 5.71. The predicted molar refractivity (Wildman–Crippen MR) is 125 cm³/mol. The number of benzene rings is 2. The molecule has 0 bridgehead atoms. The van der Waals surface area contributed by atoms with Gasteiger partial charge >= 0.3 is 0 Å². The summed E-state index contributed by atoms with van der Waals surface area (Å²) in [7, 11) is 1.67. The highest BCUT2D eigenvalue weighted by Gasteiger charge is 2.22. The number of piperazine rings is 1. The lowest BCUT2D eigenvalue weighted by Crippen LogP contribution is -2.49. The molecule has 31 heavy (non-hydrogen) atoms. The number of anilines is 1. The second-order valence-electron chi connectivity index (χ2n) is 6.94.